The zero-order chi connectivity index (χ0) is 8.39. The van der Waals surface area contributed by atoms with Gasteiger partial charge < -0.3 is 4.57 Å². The molecule has 2 aromatic heterocycles. The molecule has 2 aromatic rings. The summed E-state index contributed by atoms with van der Waals surface area (Å²) in [7, 11) is 0. The Morgan fingerprint density at radius 2 is 2.17 bits per heavy atom. The largest absolute Gasteiger partial charge is 0.310 e. The molecule has 0 radical (unpaired) electrons. The zero-order valence-corrected chi connectivity index (χ0v) is 6.51. The summed E-state index contributed by atoms with van der Waals surface area (Å²) in [4.78, 5) is 12.3. The van der Waals surface area contributed by atoms with Crippen LogP contribution in [0.5, 0.6) is 0 Å². The van der Waals surface area contributed by atoms with Crippen molar-refractivity contribution in [3.05, 3.63) is 31.4 Å². The van der Waals surface area contributed by atoms with Crippen molar-refractivity contribution in [2.75, 3.05) is 0 Å². The van der Waals surface area contributed by atoms with Crippen LogP contribution in [0.2, 0.25) is 0 Å². The highest BCUT2D eigenvalue weighted by molar-refractivity contribution is 5.64. The Morgan fingerprint density at radius 1 is 1.33 bits per heavy atom. The molecule has 2 rings (SSSR count). The molecule has 60 valence electrons. The lowest BCUT2D eigenvalue weighted by atomic mass is 10.6. The van der Waals surface area contributed by atoms with Gasteiger partial charge in [-0.1, -0.05) is 6.08 Å². The van der Waals surface area contributed by atoms with Crippen LogP contribution in [-0.2, 0) is 6.54 Å². The van der Waals surface area contributed by atoms with Crippen molar-refractivity contribution in [2.45, 2.75) is 6.54 Å². The van der Waals surface area contributed by atoms with Gasteiger partial charge in [0.2, 0.25) is 0 Å². The fraction of sp³-hybridized carbons (Fsp3) is 0.125. The topological polar surface area (TPSA) is 43.6 Å². The summed E-state index contributed by atoms with van der Waals surface area (Å²) in [5.41, 5.74) is 1.48. The highest BCUT2D eigenvalue weighted by atomic mass is 15.1. The van der Waals surface area contributed by atoms with E-state index < -0.39 is 0 Å². The van der Waals surface area contributed by atoms with Crippen molar-refractivity contribution in [2.24, 2.45) is 0 Å². The third kappa shape index (κ3) is 0.972. The van der Waals surface area contributed by atoms with Crippen LogP contribution in [-0.4, -0.2) is 19.5 Å². The summed E-state index contributed by atoms with van der Waals surface area (Å²) in [6.07, 6.45) is 6.80. The van der Waals surface area contributed by atoms with E-state index in [0.29, 0.717) is 5.65 Å². The van der Waals surface area contributed by atoms with E-state index in [9.17, 15) is 0 Å². The van der Waals surface area contributed by atoms with E-state index in [0.717, 1.165) is 12.2 Å². The van der Waals surface area contributed by atoms with Gasteiger partial charge in [0, 0.05) is 18.9 Å². The van der Waals surface area contributed by atoms with E-state index in [1.54, 1.807) is 24.8 Å². The van der Waals surface area contributed by atoms with Crippen LogP contribution in [0.3, 0.4) is 0 Å². The van der Waals surface area contributed by atoms with Crippen LogP contribution in [0.1, 0.15) is 0 Å². The first-order valence-corrected chi connectivity index (χ1v) is 3.64. The van der Waals surface area contributed by atoms with Gasteiger partial charge >= 0.3 is 0 Å². The van der Waals surface area contributed by atoms with E-state index >= 15 is 0 Å². The van der Waals surface area contributed by atoms with Gasteiger partial charge in [0.05, 0.1) is 6.33 Å². The first-order valence-electron chi connectivity index (χ1n) is 3.64. The monoisotopic (exact) mass is 160 g/mol. The SMILES string of the molecule is C=CCn1cnc2nccnc21. The predicted octanol–water partition coefficient (Wildman–Crippen LogP) is 1.01. The molecule has 0 atom stereocenters. The van der Waals surface area contributed by atoms with Crippen LogP contribution < -0.4 is 0 Å². The minimum absolute atomic E-state index is 0.680. The molecular weight excluding hydrogens is 152 g/mol. The number of allylic oxidation sites excluding steroid dienone is 1. The molecule has 0 aliphatic heterocycles. The Labute approximate surface area is 69.6 Å². The summed E-state index contributed by atoms with van der Waals surface area (Å²) < 4.78 is 1.90. The van der Waals surface area contributed by atoms with Crippen LogP contribution in [0, 0.1) is 0 Å². The van der Waals surface area contributed by atoms with E-state index in [4.69, 9.17) is 0 Å². The van der Waals surface area contributed by atoms with Crippen molar-refractivity contribution in [1.82, 2.24) is 19.5 Å². The Balaban J connectivity index is 2.62. The Bertz CT molecular complexity index is 404. The van der Waals surface area contributed by atoms with Gasteiger partial charge in [-0.2, -0.15) is 0 Å². The third-order valence-corrected chi connectivity index (χ3v) is 1.58. The van der Waals surface area contributed by atoms with Gasteiger partial charge in [-0.25, -0.2) is 15.0 Å². The highest BCUT2D eigenvalue weighted by Crippen LogP contribution is 2.04. The number of nitrogens with zero attached hydrogens (tertiary/aromatic N) is 4. The van der Waals surface area contributed by atoms with Gasteiger partial charge in [-0.3, -0.25) is 0 Å². The van der Waals surface area contributed by atoms with Crippen LogP contribution in [0.25, 0.3) is 11.3 Å². The van der Waals surface area contributed by atoms with Gasteiger partial charge in [0.25, 0.3) is 0 Å². The maximum absolute atomic E-state index is 4.15. The lowest BCUT2D eigenvalue weighted by Crippen LogP contribution is -1.93. The van der Waals surface area contributed by atoms with Gasteiger partial charge in [-0.15, -0.1) is 6.58 Å². The number of imidazole rings is 1. The zero-order valence-electron chi connectivity index (χ0n) is 6.51. The van der Waals surface area contributed by atoms with Gasteiger partial charge in [-0.05, 0) is 0 Å². The molecule has 4 nitrogen and oxygen atoms in total. The van der Waals surface area contributed by atoms with Crippen molar-refractivity contribution >= 4 is 11.3 Å². The lowest BCUT2D eigenvalue weighted by Gasteiger charge is -1.95. The smallest absolute Gasteiger partial charge is 0.197 e. The second kappa shape index (κ2) is 2.73. The Hall–Kier alpha value is -1.71. The van der Waals surface area contributed by atoms with Crippen LogP contribution >= 0.6 is 0 Å². The molecule has 0 saturated heterocycles. The summed E-state index contributed by atoms with van der Waals surface area (Å²) in [5, 5.41) is 0. The van der Waals surface area contributed by atoms with E-state index in [1.807, 2.05) is 4.57 Å². The number of hydrogen-bond donors (Lipinski definition) is 0. The number of rotatable bonds is 2. The van der Waals surface area contributed by atoms with Crippen molar-refractivity contribution in [3.8, 4) is 0 Å². The first kappa shape index (κ1) is 6.97. The summed E-state index contributed by atoms with van der Waals surface area (Å²) in [6, 6.07) is 0. The predicted molar refractivity (Wildman–Crippen MR) is 45.5 cm³/mol. The third-order valence-electron chi connectivity index (χ3n) is 1.58. The fourth-order valence-electron chi connectivity index (χ4n) is 1.07. The van der Waals surface area contributed by atoms with Gasteiger partial charge in [0.15, 0.2) is 11.3 Å². The van der Waals surface area contributed by atoms with E-state index in [2.05, 4.69) is 21.5 Å². The number of aromatic nitrogens is 4. The minimum atomic E-state index is 0.680. The first-order chi connectivity index (χ1) is 5.92. The van der Waals surface area contributed by atoms with Crippen molar-refractivity contribution < 1.29 is 0 Å². The normalized spacial score (nSPS) is 10.3. The number of fused-ring (bicyclic) bond motifs is 1. The minimum Gasteiger partial charge on any atom is -0.310 e. The molecule has 0 aliphatic rings. The molecule has 2 heterocycles. The molecule has 0 aliphatic carbocycles. The second-order valence-corrected chi connectivity index (χ2v) is 2.39. The summed E-state index contributed by atoms with van der Waals surface area (Å²) in [5.74, 6) is 0. The van der Waals surface area contributed by atoms with Crippen molar-refractivity contribution in [3.63, 3.8) is 0 Å². The average molecular weight is 160 g/mol. The molecule has 0 saturated carbocycles. The molecular formula is C8H8N4. The van der Waals surface area contributed by atoms with E-state index in [1.165, 1.54) is 0 Å². The molecule has 4 heteroatoms. The molecule has 0 aromatic carbocycles. The standard InChI is InChI=1S/C8H8N4/c1-2-5-12-6-11-7-8(12)10-4-3-9-7/h2-4,6H,1,5H2. The average Bonchev–Trinajstić information content (AvgIpc) is 2.50. The number of hydrogen-bond acceptors (Lipinski definition) is 3. The lowest BCUT2D eigenvalue weighted by molar-refractivity contribution is 0.839. The van der Waals surface area contributed by atoms with Crippen molar-refractivity contribution in [1.29, 1.82) is 0 Å². The molecule has 0 unspecified atom stereocenters. The van der Waals surface area contributed by atoms with Crippen LogP contribution in [0.15, 0.2) is 31.4 Å². The molecule has 12 heavy (non-hydrogen) atoms. The highest BCUT2D eigenvalue weighted by Gasteiger charge is 2.00. The van der Waals surface area contributed by atoms with Gasteiger partial charge in [0.1, 0.15) is 0 Å². The van der Waals surface area contributed by atoms with E-state index in [-0.39, 0.29) is 0 Å². The summed E-state index contributed by atoms with van der Waals surface area (Å²) >= 11 is 0. The Kier molecular flexibility index (Phi) is 1.59. The maximum atomic E-state index is 4.15. The van der Waals surface area contributed by atoms with Crippen LogP contribution in [0.4, 0.5) is 0 Å². The summed E-state index contributed by atoms with van der Waals surface area (Å²) in [6.45, 7) is 4.36. The fourth-order valence-corrected chi connectivity index (χ4v) is 1.07. The second-order valence-electron chi connectivity index (χ2n) is 2.39. The Morgan fingerprint density at radius 3 is 3.00 bits per heavy atom. The molecule has 0 bridgehead atoms. The maximum Gasteiger partial charge on any atom is 0.197 e. The quantitative estimate of drug-likeness (QED) is 0.616. The molecule has 0 spiro atoms. The molecule has 0 amide bonds. The molecule has 0 N–H and O–H groups in total. The molecule has 0 fully saturated rings.